The summed E-state index contributed by atoms with van der Waals surface area (Å²) >= 11 is 0. The maximum Gasteiger partial charge on any atom is 0.257 e. The molecule has 0 aliphatic rings. The van der Waals surface area contributed by atoms with Crippen LogP contribution in [0.1, 0.15) is 24.4 Å². The van der Waals surface area contributed by atoms with Gasteiger partial charge in [0.2, 0.25) is 0 Å². The van der Waals surface area contributed by atoms with Gasteiger partial charge in [0.1, 0.15) is 5.75 Å². The van der Waals surface area contributed by atoms with Crippen molar-refractivity contribution in [2.24, 2.45) is 0 Å². The van der Waals surface area contributed by atoms with Crippen LogP contribution in [0.5, 0.6) is 5.75 Å². The van der Waals surface area contributed by atoms with E-state index in [0.29, 0.717) is 23.8 Å². The summed E-state index contributed by atoms with van der Waals surface area (Å²) in [5, 5.41) is 3.99. The van der Waals surface area contributed by atoms with Gasteiger partial charge in [-0.1, -0.05) is 11.2 Å². The van der Waals surface area contributed by atoms with E-state index in [1.807, 2.05) is 43.1 Å². The molecule has 2 aromatic carbocycles. The molecule has 1 aromatic heterocycles. The van der Waals surface area contributed by atoms with Crippen LogP contribution >= 0.6 is 0 Å². The lowest BCUT2D eigenvalue weighted by molar-refractivity contribution is 0.242. The summed E-state index contributed by atoms with van der Waals surface area (Å²) in [6.07, 6.45) is 0. The average Bonchev–Trinajstić information content (AvgIpc) is 3.12. The minimum absolute atomic E-state index is 0.145. The van der Waals surface area contributed by atoms with Gasteiger partial charge in [-0.15, -0.1) is 0 Å². The molecule has 0 fully saturated rings. The molecule has 0 spiro atoms. The average molecular weight is 359 g/mol. The smallest absolute Gasteiger partial charge is 0.257 e. The highest BCUT2D eigenvalue weighted by atomic mass is 19.2. The molecular formula is C19H19F2N3O2. The lowest BCUT2D eigenvalue weighted by Gasteiger charge is -2.23. The highest BCUT2D eigenvalue weighted by molar-refractivity contribution is 5.54. The van der Waals surface area contributed by atoms with Crippen molar-refractivity contribution in [3.63, 3.8) is 0 Å². The Balaban J connectivity index is 1.70. The Labute approximate surface area is 150 Å². The SMILES string of the molecule is COc1ccc(-c2nc(CN(C)C(C)c3ccc(F)c(F)c3)no2)cc1. The molecule has 0 saturated heterocycles. The first-order chi connectivity index (χ1) is 12.5. The summed E-state index contributed by atoms with van der Waals surface area (Å²) in [7, 11) is 3.46. The van der Waals surface area contributed by atoms with E-state index in [0.717, 1.165) is 17.4 Å². The van der Waals surface area contributed by atoms with Crippen molar-refractivity contribution in [2.75, 3.05) is 14.2 Å². The molecule has 0 aliphatic carbocycles. The van der Waals surface area contributed by atoms with Crippen molar-refractivity contribution in [3.05, 3.63) is 65.5 Å². The van der Waals surface area contributed by atoms with E-state index < -0.39 is 11.6 Å². The summed E-state index contributed by atoms with van der Waals surface area (Å²) in [5.74, 6) is -0.0483. The number of halogens is 2. The molecule has 0 radical (unpaired) electrons. The van der Waals surface area contributed by atoms with Crippen LogP contribution in [0.4, 0.5) is 8.78 Å². The second-order valence-corrected chi connectivity index (χ2v) is 6.01. The van der Waals surface area contributed by atoms with Crippen molar-refractivity contribution in [3.8, 4) is 17.2 Å². The summed E-state index contributed by atoms with van der Waals surface area (Å²) in [6.45, 7) is 2.30. The predicted molar refractivity (Wildman–Crippen MR) is 92.5 cm³/mol. The molecule has 1 atom stereocenters. The number of aromatic nitrogens is 2. The zero-order valence-electron chi connectivity index (χ0n) is 14.7. The van der Waals surface area contributed by atoms with E-state index in [-0.39, 0.29) is 6.04 Å². The Morgan fingerprint density at radius 1 is 1.12 bits per heavy atom. The fraction of sp³-hybridized carbons (Fsp3) is 0.263. The third-order valence-electron chi connectivity index (χ3n) is 4.28. The Hall–Kier alpha value is -2.80. The van der Waals surface area contributed by atoms with Crippen LogP contribution in [0.2, 0.25) is 0 Å². The minimum Gasteiger partial charge on any atom is -0.497 e. The lowest BCUT2D eigenvalue weighted by Crippen LogP contribution is -2.22. The number of hydrogen-bond donors (Lipinski definition) is 0. The van der Waals surface area contributed by atoms with E-state index in [2.05, 4.69) is 10.1 Å². The highest BCUT2D eigenvalue weighted by Crippen LogP contribution is 2.24. The quantitative estimate of drug-likeness (QED) is 0.660. The minimum atomic E-state index is -0.857. The number of ether oxygens (including phenoxy) is 1. The fourth-order valence-corrected chi connectivity index (χ4v) is 2.56. The number of hydrogen-bond acceptors (Lipinski definition) is 5. The van der Waals surface area contributed by atoms with Crippen LogP contribution in [0, 0.1) is 11.6 Å². The monoisotopic (exact) mass is 359 g/mol. The van der Waals surface area contributed by atoms with Crippen LogP contribution in [-0.4, -0.2) is 29.2 Å². The van der Waals surface area contributed by atoms with E-state index in [9.17, 15) is 8.78 Å². The van der Waals surface area contributed by atoms with Gasteiger partial charge in [-0.25, -0.2) is 8.78 Å². The standard InChI is InChI=1S/C19H19F2N3O2/c1-12(14-6-9-16(20)17(21)10-14)24(2)11-18-22-19(26-23-18)13-4-7-15(25-3)8-5-13/h4-10,12H,11H2,1-3H3. The molecule has 26 heavy (non-hydrogen) atoms. The molecule has 7 heteroatoms. The molecule has 0 N–H and O–H groups in total. The second kappa shape index (κ2) is 7.61. The van der Waals surface area contributed by atoms with Gasteiger partial charge in [-0.2, -0.15) is 4.98 Å². The van der Waals surface area contributed by atoms with Crippen molar-refractivity contribution in [1.82, 2.24) is 15.0 Å². The van der Waals surface area contributed by atoms with Crippen molar-refractivity contribution in [2.45, 2.75) is 19.5 Å². The molecule has 3 aromatic rings. The fourth-order valence-electron chi connectivity index (χ4n) is 2.56. The van der Waals surface area contributed by atoms with Crippen LogP contribution in [0.25, 0.3) is 11.5 Å². The van der Waals surface area contributed by atoms with Crippen LogP contribution in [-0.2, 0) is 6.54 Å². The second-order valence-electron chi connectivity index (χ2n) is 6.01. The zero-order chi connectivity index (χ0) is 18.7. The Kier molecular flexibility index (Phi) is 5.27. The Bertz CT molecular complexity index is 881. The third-order valence-corrected chi connectivity index (χ3v) is 4.28. The molecular weight excluding hydrogens is 340 g/mol. The summed E-state index contributed by atoms with van der Waals surface area (Å²) in [6, 6.07) is 11.1. The van der Waals surface area contributed by atoms with Crippen molar-refractivity contribution in [1.29, 1.82) is 0 Å². The van der Waals surface area contributed by atoms with Crippen LogP contribution in [0.15, 0.2) is 47.0 Å². The first-order valence-corrected chi connectivity index (χ1v) is 8.10. The van der Waals surface area contributed by atoms with E-state index in [1.165, 1.54) is 6.07 Å². The number of rotatable bonds is 6. The molecule has 5 nitrogen and oxygen atoms in total. The molecule has 1 heterocycles. The van der Waals surface area contributed by atoms with Gasteiger partial charge >= 0.3 is 0 Å². The van der Waals surface area contributed by atoms with Crippen molar-refractivity contribution >= 4 is 0 Å². The number of benzene rings is 2. The first-order valence-electron chi connectivity index (χ1n) is 8.10. The zero-order valence-corrected chi connectivity index (χ0v) is 14.7. The summed E-state index contributed by atoms with van der Waals surface area (Å²) in [4.78, 5) is 6.32. The first kappa shape index (κ1) is 18.0. The van der Waals surface area contributed by atoms with Gasteiger partial charge in [0.15, 0.2) is 17.5 Å². The molecule has 0 amide bonds. The van der Waals surface area contributed by atoms with Gasteiger partial charge in [0, 0.05) is 11.6 Å². The number of methoxy groups -OCH3 is 1. The molecule has 136 valence electrons. The Morgan fingerprint density at radius 2 is 1.85 bits per heavy atom. The normalized spacial score (nSPS) is 12.4. The number of nitrogens with zero attached hydrogens (tertiary/aromatic N) is 3. The van der Waals surface area contributed by atoms with E-state index >= 15 is 0 Å². The molecule has 0 bridgehead atoms. The Morgan fingerprint density at radius 3 is 2.50 bits per heavy atom. The summed E-state index contributed by atoms with van der Waals surface area (Å²) < 4.78 is 37.0. The lowest BCUT2D eigenvalue weighted by atomic mass is 10.1. The van der Waals surface area contributed by atoms with Crippen LogP contribution in [0.3, 0.4) is 0 Å². The topological polar surface area (TPSA) is 51.4 Å². The van der Waals surface area contributed by atoms with Gasteiger partial charge in [0.05, 0.1) is 13.7 Å². The third kappa shape index (κ3) is 3.88. The molecule has 3 rings (SSSR count). The largest absolute Gasteiger partial charge is 0.497 e. The molecule has 0 saturated carbocycles. The van der Waals surface area contributed by atoms with Gasteiger partial charge in [0.25, 0.3) is 5.89 Å². The molecule has 0 aliphatic heterocycles. The van der Waals surface area contributed by atoms with Crippen LogP contribution < -0.4 is 4.74 Å². The molecule has 1 unspecified atom stereocenters. The van der Waals surface area contributed by atoms with Crippen molar-refractivity contribution < 1.29 is 18.0 Å². The maximum absolute atomic E-state index is 13.4. The van der Waals surface area contributed by atoms with Gasteiger partial charge in [-0.05, 0) is 55.9 Å². The van der Waals surface area contributed by atoms with E-state index in [1.54, 1.807) is 13.2 Å². The van der Waals surface area contributed by atoms with Gasteiger partial charge < -0.3 is 9.26 Å². The van der Waals surface area contributed by atoms with Gasteiger partial charge in [-0.3, -0.25) is 4.90 Å². The maximum atomic E-state index is 13.4. The summed E-state index contributed by atoms with van der Waals surface area (Å²) in [5.41, 5.74) is 1.46. The highest BCUT2D eigenvalue weighted by Gasteiger charge is 2.17. The van der Waals surface area contributed by atoms with E-state index in [4.69, 9.17) is 9.26 Å². The predicted octanol–water partition coefficient (Wildman–Crippen LogP) is 4.22.